The number of hydrogen-bond acceptors (Lipinski definition) is 13. The fraction of sp³-hybridized carbons (Fsp3) is 0.413. The maximum Gasteiger partial charge on any atom is 0.338 e. The van der Waals surface area contributed by atoms with Crippen LogP contribution in [-0.4, -0.2) is 81.5 Å². The Labute approximate surface area is 536 Å². The van der Waals surface area contributed by atoms with Crippen molar-refractivity contribution in [2.45, 2.75) is 118 Å². The van der Waals surface area contributed by atoms with Crippen molar-refractivity contribution in [2.24, 2.45) is 33.9 Å². The molecule has 444 valence electrons. The minimum atomic E-state index is -0.833. The summed E-state index contributed by atoms with van der Waals surface area (Å²) in [6.45, 7) is 32.6. The normalized spacial score (nSPS) is 13.5. The molecule has 0 aromatic heterocycles. The van der Waals surface area contributed by atoms with Crippen LogP contribution in [-0.2, 0) is 104 Å². The van der Waals surface area contributed by atoms with Gasteiger partial charge >= 0.3 is 11.9 Å². The number of aliphatic carboxylic acids is 1. The number of rotatable bonds is 14. The zero-order chi connectivity index (χ0) is 59.5. The maximum atomic E-state index is 12.3. The van der Waals surface area contributed by atoms with Gasteiger partial charge < -0.3 is 34.7 Å². The number of carbonyl (C=O) groups is 7. The number of carboxylic acid groups (broad SMARTS) is 1. The molecule has 1 saturated carbocycles. The molecule has 16 nitrogen and oxygen atoms in total. The first-order valence-corrected chi connectivity index (χ1v) is 25.2. The van der Waals surface area contributed by atoms with Crippen LogP contribution in [0.15, 0.2) is 138 Å². The number of methoxy groups -OCH3 is 1. The van der Waals surface area contributed by atoms with E-state index in [0.29, 0.717) is 34.7 Å². The molecule has 81 heavy (non-hydrogen) atoms. The number of carboxylic acids is 1. The summed E-state index contributed by atoms with van der Waals surface area (Å²) in [4.78, 5) is 72.5. The summed E-state index contributed by atoms with van der Waals surface area (Å²) in [6.07, 6.45) is 5.99. The number of amides is 2. The molecule has 0 spiro atoms. The molecule has 2 amide bonds. The predicted octanol–water partition coefficient (Wildman–Crippen LogP) is 14.3. The molecule has 5 rings (SSSR count). The van der Waals surface area contributed by atoms with E-state index in [2.05, 4.69) is 80.3 Å². The van der Waals surface area contributed by atoms with Gasteiger partial charge in [0.2, 0.25) is 11.8 Å². The third kappa shape index (κ3) is 47.5. The Hall–Kier alpha value is -5.80. The van der Waals surface area contributed by atoms with E-state index in [1.165, 1.54) is 51.0 Å². The number of ketones is 1. The van der Waals surface area contributed by atoms with E-state index < -0.39 is 17.9 Å². The molecule has 1 aliphatic carbocycles. The van der Waals surface area contributed by atoms with Crippen LogP contribution in [0.25, 0.3) is 6.08 Å². The summed E-state index contributed by atoms with van der Waals surface area (Å²) in [7, 11) is 4.51. The third-order valence-electron chi connectivity index (χ3n) is 10.6. The summed E-state index contributed by atoms with van der Waals surface area (Å²) in [5, 5.41) is 20.5. The molecule has 1 aliphatic rings. The summed E-state index contributed by atoms with van der Waals surface area (Å²) < 4.78 is 19.4. The minimum absolute atomic E-state index is 0. The number of allylic oxidation sites excluding steroid dienone is 1. The first kappa shape index (κ1) is 89.0. The van der Waals surface area contributed by atoms with E-state index in [1.54, 1.807) is 82.5 Å². The predicted molar refractivity (Wildman–Crippen MR) is 321 cm³/mol. The van der Waals surface area contributed by atoms with Crippen molar-refractivity contribution in [2.75, 3.05) is 34.4 Å². The Morgan fingerprint density at radius 1 is 0.654 bits per heavy atom. The van der Waals surface area contributed by atoms with E-state index in [1.807, 2.05) is 62.4 Å². The van der Waals surface area contributed by atoms with E-state index in [4.69, 9.17) is 28.9 Å². The Morgan fingerprint density at radius 2 is 1.04 bits per heavy atom. The number of nitrogens with one attached hydrogen (secondary N) is 2. The molecule has 18 heteroatoms. The molecule has 1 fully saturated rings. The molecular formula is C63H94N4O12Y2. The second-order valence-corrected chi connectivity index (χ2v) is 17.2. The Kier molecular flexibility index (Phi) is 60.2. The summed E-state index contributed by atoms with van der Waals surface area (Å²) in [5.74, 6) is 2.93. The molecular weight excluding hydrogens is 1180 g/mol. The van der Waals surface area contributed by atoms with Gasteiger partial charge in [0, 0.05) is 117 Å². The molecule has 0 saturated heterocycles. The third-order valence-corrected chi connectivity index (χ3v) is 10.6. The topological polar surface area (TPSA) is 225 Å². The van der Waals surface area contributed by atoms with Crippen LogP contribution in [0.3, 0.4) is 0 Å². The van der Waals surface area contributed by atoms with Crippen LogP contribution < -0.4 is 20.1 Å². The minimum Gasteiger partial charge on any atom is -0.490 e. The smallest absolute Gasteiger partial charge is 0.338 e. The average molecular weight is 1280 g/mol. The Bertz CT molecular complexity index is 2360. The first-order chi connectivity index (χ1) is 36.3. The van der Waals surface area contributed by atoms with Crippen LogP contribution in [0, 0.1) is 37.5 Å². The first-order valence-electron chi connectivity index (χ1n) is 25.2. The standard InChI is InChI=1S/C25H24O6.C14H14N2.C10H20.2C3H7NO.2C2H4O2.C2H6.2CH4.2Y/c1-17(2)24(27)30-16-15-29-21-10-5-19(6-11-21)7-14-23(26)20-8-12-22(13-9-20)31-25(28)18(3)4;1-11-3-7-13(8-4-11)15-16-14-9-5-12(2)6-10-14;1-5-10-8(3)6-7(2)9(10)4;2*1-3(5)4-2;1-4-2-3;1-2(3)4;1-2;;;;/h5-14H,1,3,15-16H2,2,4H3;3-10H,1-2H3;7-10H,5-6H2,1-4H3;2*1-2H3,(H,4,5);2H,1H3;1H3,(H,3,4);1-2H3;2*1H4;;/b14-7+;;;;;;;;;;;. The fourth-order valence-corrected chi connectivity index (χ4v) is 6.27. The van der Waals surface area contributed by atoms with Gasteiger partial charge in [-0.3, -0.25) is 24.0 Å². The van der Waals surface area contributed by atoms with E-state index in [9.17, 15) is 24.0 Å². The van der Waals surface area contributed by atoms with Gasteiger partial charge in [-0.2, -0.15) is 10.2 Å². The molecule has 0 aliphatic heterocycles. The molecule has 0 heterocycles. The van der Waals surface area contributed by atoms with Crippen molar-refractivity contribution < 1.29 is 123 Å². The average Bonchev–Trinajstić information content (AvgIpc) is 3.66. The zero-order valence-corrected chi connectivity index (χ0v) is 55.2. The number of azo groups is 1. The summed E-state index contributed by atoms with van der Waals surface area (Å²) in [6, 6.07) is 29.4. The monoisotopic (exact) mass is 1280 g/mol. The van der Waals surface area contributed by atoms with Crippen LogP contribution in [0.2, 0.25) is 0 Å². The van der Waals surface area contributed by atoms with Crippen molar-refractivity contribution in [3.63, 3.8) is 0 Å². The number of hydrogen-bond donors (Lipinski definition) is 3. The van der Waals surface area contributed by atoms with Gasteiger partial charge in [-0.25, -0.2) is 9.59 Å². The maximum absolute atomic E-state index is 12.3. The SMILES string of the molecule is C.C.C=C(C)C(=O)OCCOc1ccc(/C=C/C(=O)c2ccc(OC(=O)C(=C)C)cc2)cc1.CC.CC(=O)O.CCC1C(C)CC(C)C1C.CNC(C)=O.CNC(C)=O.COC=O.Cc1ccc(N=Nc2ccc(C)cc2)cc1.[Y].[Y]. The quantitative estimate of drug-likeness (QED) is 0.0204. The fourth-order valence-electron chi connectivity index (χ4n) is 6.27. The van der Waals surface area contributed by atoms with Crippen molar-refractivity contribution in [1.29, 1.82) is 0 Å². The van der Waals surface area contributed by atoms with Crippen LogP contribution >= 0.6 is 0 Å². The van der Waals surface area contributed by atoms with Gasteiger partial charge in [-0.1, -0.05) is 130 Å². The zero-order valence-electron chi connectivity index (χ0n) is 49.5. The van der Waals surface area contributed by atoms with Crippen molar-refractivity contribution in [1.82, 2.24) is 10.6 Å². The Balaban J connectivity index is -0.000000183. The van der Waals surface area contributed by atoms with Gasteiger partial charge in [0.1, 0.15) is 24.7 Å². The summed E-state index contributed by atoms with van der Waals surface area (Å²) >= 11 is 0. The van der Waals surface area contributed by atoms with E-state index in [-0.39, 0.29) is 111 Å². The van der Waals surface area contributed by atoms with Crippen molar-refractivity contribution >= 4 is 59.4 Å². The molecule has 4 unspecified atom stereocenters. The molecule has 4 aromatic rings. The van der Waals surface area contributed by atoms with Crippen LogP contribution in [0.1, 0.15) is 131 Å². The second-order valence-electron chi connectivity index (χ2n) is 17.2. The van der Waals surface area contributed by atoms with Gasteiger partial charge in [0.05, 0.1) is 18.5 Å². The summed E-state index contributed by atoms with van der Waals surface area (Å²) in [5.41, 5.74) is 6.15. The molecule has 3 N–H and O–H groups in total. The largest absolute Gasteiger partial charge is 0.490 e. The molecule has 2 radical (unpaired) electrons. The number of benzene rings is 4. The van der Waals surface area contributed by atoms with Gasteiger partial charge in [-0.05, 0) is 130 Å². The van der Waals surface area contributed by atoms with Crippen molar-refractivity contribution in [3.8, 4) is 11.5 Å². The molecule has 0 bridgehead atoms. The molecule has 4 aromatic carbocycles. The van der Waals surface area contributed by atoms with Crippen LogP contribution in [0.5, 0.6) is 11.5 Å². The molecule has 4 atom stereocenters. The van der Waals surface area contributed by atoms with E-state index >= 15 is 0 Å². The number of esters is 2. The van der Waals surface area contributed by atoms with Gasteiger partial charge in [0.25, 0.3) is 12.4 Å². The Morgan fingerprint density at radius 3 is 1.35 bits per heavy atom. The number of aryl methyl sites for hydroxylation is 2. The number of ether oxygens (including phenoxy) is 4. The van der Waals surface area contributed by atoms with Gasteiger partial charge in [-0.15, -0.1) is 0 Å². The van der Waals surface area contributed by atoms with Crippen molar-refractivity contribution in [3.05, 3.63) is 150 Å². The van der Waals surface area contributed by atoms with Gasteiger partial charge in [0.15, 0.2) is 5.78 Å². The number of nitrogens with zero attached hydrogens (tertiary/aromatic N) is 2. The van der Waals surface area contributed by atoms with E-state index in [0.717, 1.165) is 47.5 Å². The number of carbonyl (C=O) groups excluding carboxylic acids is 6. The van der Waals surface area contributed by atoms with Crippen LogP contribution in [0.4, 0.5) is 11.4 Å². The second kappa shape index (κ2) is 54.8.